The summed E-state index contributed by atoms with van der Waals surface area (Å²) in [5, 5.41) is 7.52. The third kappa shape index (κ3) is 3.85. The van der Waals surface area contributed by atoms with E-state index >= 15 is 0 Å². The highest BCUT2D eigenvalue weighted by molar-refractivity contribution is 7.22. The molecule has 1 fully saturated rings. The van der Waals surface area contributed by atoms with Crippen LogP contribution < -0.4 is 16.4 Å². The molecule has 1 aliphatic rings. The minimum absolute atomic E-state index is 0.519. The summed E-state index contributed by atoms with van der Waals surface area (Å²) in [6.07, 6.45) is 5.01. The Kier molecular flexibility index (Phi) is 4.55. The molecule has 0 spiro atoms. The van der Waals surface area contributed by atoms with E-state index in [1.165, 1.54) is 30.4 Å². The average molecular weight is 303 g/mol. The molecule has 0 amide bonds. The number of rotatable bonds is 5. The van der Waals surface area contributed by atoms with Crippen molar-refractivity contribution in [3.63, 3.8) is 0 Å². The van der Waals surface area contributed by atoms with Crippen LogP contribution in [0.2, 0.25) is 0 Å². The Labute approximate surface area is 128 Å². The maximum atomic E-state index is 5.89. The van der Waals surface area contributed by atoms with Gasteiger partial charge in [0, 0.05) is 12.6 Å². The summed E-state index contributed by atoms with van der Waals surface area (Å²) in [6.45, 7) is 1.40. The van der Waals surface area contributed by atoms with Crippen molar-refractivity contribution in [2.45, 2.75) is 31.7 Å². The number of benzene rings is 1. The number of thiazole rings is 1. The molecule has 2 aromatic rings. The first-order valence-electron chi connectivity index (χ1n) is 7.47. The smallest absolute Gasteiger partial charge is 0.188 e. The van der Waals surface area contributed by atoms with E-state index in [4.69, 9.17) is 5.73 Å². The van der Waals surface area contributed by atoms with E-state index in [2.05, 4.69) is 26.7 Å². The summed E-state index contributed by atoms with van der Waals surface area (Å²) in [7, 11) is 0. The second-order valence-corrected chi connectivity index (χ2v) is 6.34. The number of anilines is 1. The fourth-order valence-electron chi connectivity index (χ4n) is 2.61. The number of para-hydroxylation sites is 1. The first kappa shape index (κ1) is 14.1. The number of hydrogen-bond donors (Lipinski definition) is 3. The lowest BCUT2D eigenvalue weighted by Crippen LogP contribution is -2.38. The van der Waals surface area contributed by atoms with Crippen LogP contribution in [0.3, 0.4) is 0 Å². The lowest BCUT2D eigenvalue weighted by Gasteiger charge is -2.12. The van der Waals surface area contributed by atoms with Crippen LogP contribution in [0.15, 0.2) is 29.3 Å². The Bertz CT molecular complexity index is 582. The van der Waals surface area contributed by atoms with Crippen LogP contribution in [0, 0.1) is 0 Å². The van der Waals surface area contributed by atoms with Crippen molar-refractivity contribution in [2.75, 3.05) is 18.4 Å². The molecule has 3 rings (SSSR count). The van der Waals surface area contributed by atoms with Gasteiger partial charge < -0.3 is 16.4 Å². The highest BCUT2D eigenvalue weighted by atomic mass is 32.1. The average Bonchev–Trinajstić information content (AvgIpc) is 3.12. The minimum Gasteiger partial charge on any atom is -0.370 e. The van der Waals surface area contributed by atoms with Crippen LogP contribution in [-0.2, 0) is 0 Å². The molecule has 6 heteroatoms. The zero-order chi connectivity index (χ0) is 14.5. The van der Waals surface area contributed by atoms with E-state index in [0.717, 1.165) is 17.2 Å². The fourth-order valence-corrected chi connectivity index (χ4v) is 3.50. The second kappa shape index (κ2) is 6.76. The Balaban J connectivity index is 1.44. The molecule has 1 aromatic heterocycles. The third-order valence-electron chi connectivity index (χ3n) is 3.67. The Morgan fingerprint density at radius 1 is 1.33 bits per heavy atom. The number of hydrogen-bond acceptors (Lipinski definition) is 4. The normalized spacial score (nSPS) is 16.5. The minimum atomic E-state index is 0.519. The molecule has 0 unspecified atom stereocenters. The largest absolute Gasteiger partial charge is 0.370 e. The molecule has 21 heavy (non-hydrogen) atoms. The molecule has 1 saturated carbocycles. The first-order chi connectivity index (χ1) is 10.3. The molecule has 112 valence electrons. The summed E-state index contributed by atoms with van der Waals surface area (Å²) in [6, 6.07) is 8.67. The number of aromatic nitrogens is 1. The summed E-state index contributed by atoms with van der Waals surface area (Å²) < 4.78 is 1.20. The van der Waals surface area contributed by atoms with Gasteiger partial charge in [-0.3, -0.25) is 4.99 Å². The lowest BCUT2D eigenvalue weighted by atomic mass is 10.2. The number of nitrogens with two attached hydrogens (primary N) is 1. The van der Waals surface area contributed by atoms with Crippen LogP contribution in [-0.4, -0.2) is 30.1 Å². The zero-order valence-electron chi connectivity index (χ0n) is 12.0. The van der Waals surface area contributed by atoms with Crippen LogP contribution in [0.5, 0.6) is 0 Å². The highest BCUT2D eigenvalue weighted by Crippen LogP contribution is 2.24. The van der Waals surface area contributed by atoms with Gasteiger partial charge in [-0.25, -0.2) is 4.98 Å². The van der Waals surface area contributed by atoms with E-state index in [1.807, 2.05) is 18.2 Å². The van der Waals surface area contributed by atoms with Gasteiger partial charge in [-0.15, -0.1) is 0 Å². The van der Waals surface area contributed by atoms with Gasteiger partial charge in [0.15, 0.2) is 11.1 Å². The Morgan fingerprint density at radius 3 is 2.95 bits per heavy atom. The predicted molar refractivity (Wildman–Crippen MR) is 90.0 cm³/mol. The van der Waals surface area contributed by atoms with Gasteiger partial charge in [0.25, 0.3) is 0 Å². The van der Waals surface area contributed by atoms with E-state index in [1.54, 1.807) is 11.3 Å². The van der Waals surface area contributed by atoms with Crippen LogP contribution >= 0.6 is 11.3 Å². The fraction of sp³-hybridized carbons (Fsp3) is 0.467. The summed E-state index contributed by atoms with van der Waals surface area (Å²) >= 11 is 1.66. The van der Waals surface area contributed by atoms with Crippen molar-refractivity contribution in [1.29, 1.82) is 0 Å². The molecule has 0 saturated heterocycles. The van der Waals surface area contributed by atoms with Crippen molar-refractivity contribution < 1.29 is 0 Å². The molecule has 1 aromatic carbocycles. The standard InChI is InChI=1S/C15H21N5S/c16-14(19-11-5-1-2-6-11)17-9-10-18-15-20-12-7-3-4-8-13(12)21-15/h3-4,7-8,11H,1-2,5-6,9-10H2,(H,18,20)(H3,16,17,19). The molecule has 0 atom stereocenters. The van der Waals surface area contributed by atoms with Gasteiger partial charge in [-0.2, -0.15) is 0 Å². The van der Waals surface area contributed by atoms with Crippen molar-refractivity contribution in [2.24, 2.45) is 10.7 Å². The van der Waals surface area contributed by atoms with Gasteiger partial charge in [-0.1, -0.05) is 36.3 Å². The number of guanidine groups is 1. The van der Waals surface area contributed by atoms with Crippen LogP contribution in [0.1, 0.15) is 25.7 Å². The van der Waals surface area contributed by atoms with Crippen molar-refractivity contribution in [3.8, 4) is 0 Å². The molecule has 1 heterocycles. The quantitative estimate of drug-likeness (QED) is 0.451. The molecule has 0 aliphatic heterocycles. The SMILES string of the molecule is NC(=NCCNc1nc2ccccc2s1)NC1CCCC1. The molecule has 4 N–H and O–H groups in total. The second-order valence-electron chi connectivity index (χ2n) is 5.31. The predicted octanol–water partition coefficient (Wildman–Crippen LogP) is 2.56. The van der Waals surface area contributed by atoms with Gasteiger partial charge in [0.1, 0.15) is 0 Å². The summed E-state index contributed by atoms with van der Waals surface area (Å²) in [4.78, 5) is 8.88. The van der Waals surface area contributed by atoms with Crippen LogP contribution in [0.4, 0.5) is 5.13 Å². The van der Waals surface area contributed by atoms with Gasteiger partial charge >= 0.3 is 0 Å². The molecular formula is C15H21N5S. The van der Waals surface area contributed by atoms with E-state index in [9.17, 15) is 0 Å². The number of aliphatic imine (C=N–C) groups is 1. The first-order valence-corrected chi connectivity index (χ1v) is 8.29. The van der Waals surface area contributed by atoms with E-state index in [0.29, 0.717) is 18.5 Å². The van der Waals surface area contributed by atoms with Crippen LogP contribution in [0.25, 0.3) is 10.2 Å². The number of nitrogens with one attached hydrogen (secondary N) is 2. The van der Waals surface area contributed by atoms with Crippen molar-refractivity contribution in [3.05, 3.63) is 24.3 Å². The van der Waals surface area contributed by atoms with Crippen molar-refractivity contribution >= 4 is 32.6 Å². The Hall–Kier alpha value is -1.82. The van der Waals surface area contributed by atoms with Crippen molar-refractivity contribution in [1.82, 2.24) is 10.3 Å². The highest BCUT2D eigenvalue weighted by Gasteiger charge is 2.14. The summed E-state index contributed by atoms with van der Waals surface area (Å²) in [5.74, 6) is 0.563. The van der Waals surface area contributed by atoms with E-state index < -0.39 is 0 Å². The Morgan fingerprint density at radius 2 is 2.14 bits per heavy atom. The topological polar surface area (TPSA) is 75.3 Å². The van der Waals surface area contributed by atoms with Gasteiger partial charge in [0.05, 0.1) is 16.8 Å². The number of fused-ring (bicyclic) bond motifs is 1. The molecule has 0 radical (unpaired) electrons. The molecule has 0 bridgehead atoms. The monoisotopic (exact) mass is 303 g/mol. The number of nitrogens with zero attached hydrogens (tertiary/aromatic N) is 2. The van der Waals surface area contributed by atoms with Gasteiger partial charge in [-0.05, 0) is 25.0 Å². The summed E-state index contributed by atoms with van der Waals surface area (Å²) in [5.41, 5.74) is 6.93. The molecule has 1 aliphatic carbocycles. The maximum Gasteiger partial charge on any atom is 0.188 e. The molecule has 5 nitrogen and oxygen atoms in total. The molecular weight excluding hydrogens is 282 g/mol. The third-order valence-corrected chi connectivity index (χ3v) is 4.67. The maximum absolute atomic E-state index is 5.89. The van der Waals surface area contributed by atoms with E-state index in [-0.39, 0.29) is 0 Å². The van der Waals surface area contributed by atoms with Gasteiger partial charge in [0.2, 0.25) is 0 Å². The lowest BCUT2D eigenvalue weighted by molar-refractivity contribution is 0.625. The zero-order valence-corrected chi connectivity index (χ0v) is 12.8.